The summed E-state index contributed by atoms with van der Waals surface area (Å²) < 4.78 is 10.9. The van der Waals surface area contributed by atoms with Crippen molar-refractivity contribution in [3.05, 3.63) is 71.8 Å². The lowest BCUT2D eigenvalue weighted by atomic mass is 10.1. The van der Waals surface area contributed by atoms with Crippen LogP contribution in [-0.4, -0.2) is 51.4 Å². The number of amides is 2. The van der Waals surface area contributed by atoms with Gasteiger partial charge in [-0.2, -0.15) is 0 Å². The van der Waals surface area contributed by atoms with Crippen LogP contribution >= 0.6 is 0 Å². The molecule has 2 amide bonds. The van der Waals surface area contributed by atoms with Crippen molar-refractivity contribution in [1.29, 1.82) is 0 Å². The maximum atomic E-state index is 13.2. The summed E-state index contributed by atoms with van der Waals surface area (Å²) in [7, 11) is 0. The van der Waals surface area contributed by atoms with Gasteiger partial charge in [0.2, 0.25) is 11.8 Å². The van der Waals surface area contributed by atoms with Crippen LogP contribution in [0.5, 0.6) is 0 Å². The van der Waals surface area contributed by atoms with Crippen molar-refractivity contribution in [3.8, 4) is 0 Å². The second-order valence-electron chi connectivity index (χ2n) is 6.62. The number of benzene rings is 1. The molecule has 3 aromatic rings. The molecule has 8 heteroatoms. The molecule has 3 heterocycles. The summed E-state index contributed by atoms with van der Waals surface area (Å²) in [6.07, 6.45) is 2.10. The highest BCUT2D eigenvalue weighted by Crippen LogP contribution is 2.27. The van der Waals surface area contributed by atoms with Crippen molar-refractivity contribution in [2.75, 3.05) is 19.6 Å². The van der Waals surface area contributed by atoms with Gasteiger partial charge >= 0.3 is 0 Å². The molecule has 8 nitrogen and oxygen atoms in total. The Balaban J connectivity index is 1.66. The summed E-state index contributed by atoms with van der Waals surface area (Å²) >= 11 is 0. The average molecular weight is 380 g/mol. The second kappa shape index (κ2) is 7.67. The summed E-state index contributed by atoms with van der Waals surface area (Å²) in [6, 6.07) is 11.8. The van der Waals surface area contributed by atoms with Crippen molar-refractivity contribution in [2.24, 2.45) is 0 Å². The summed E-state index contributed by atoms with van der Waals surface area (Å²) in [5, 5.41) is 8.02. The van der Waals surface area contributed by atoms with E-state index >= 15 is 0 Å². The molecule has 1 aromatic carbocycles. The number of aromatic nitrogens is 2. The molecule has 4 rings (SSSR count). The zero-order valence-electron chi connectivity index (χ0n) is 15.4. The first-order chi connectivity index (χ1) is 13.6. The van der Waals surface area contributed by atoms with Crippen molar-refractivity contribution < 1.29 is 18.4 Å². The van der Waals surface area contributed by atoms with Crippen LogP contribution in [-0.2, 0) is 0 Å². The minimum absolute atomic E-state index is 0.131. The van der Waals surface area contributed by atoms with Crippen LogP contribution in [0.3, 0.4) is 0 Å². The fourth-order valence-corrected chi connectivity index (χ4v) is 3.37. The maximum absolute atomic E-state index is 13.2. The highest BCUT2D eigenvalue weighted by molar-refractivity contribution is 5.95. The van der Waals surface area contributed by atoms with E-state index in [0.29, 0.717) is 36.9 Å². The number of aryl methyl sites for hydroxylation is 1. The van der Waals surface area contributed by atoms with Gasteiger partial charge in [0.15, 0.2) is 5.76 Å². The molecule has 28 heavy (non-hydrogen) atoms. The van der Waals surface area contributed by atoms with Gasteiger partial charge in [0, 0.05) is 25.6 Å². The Hall–Kier alpha value is -3.42. The van der Waals surface area contributed by atoms with Gasteiger partial charge in [-0.3, -0.25) is 9.59 Å². The Labute approximate surface area is 161 Å². The van der Waals surface area contributed by atoms with Gasteiger partial charge < -0.3 is 18.6 Å². The molecular weight excluding hydrogens is 360 g/mol. The summed E-state index contributed by atoms with van der Waals surface area (Å²) in [5.74, 6) is 0.647. The van der Waals surface area contributed by atoms with E-state index in [4.69, 9.17) is 8.83 Å². The minimum atomic E-state index is -0.532. The van der Waals surface area contributed by atoms with Gasteiger partial charge in [-0.1, -0.05) is 18.2 Å². The molecule has 0 saturated carbocycles. The predicted molar refractivity (Wildman–Crippen MR) is 98.5 cm³/mol. The van der Waals surface area contributed by atoms with Crippen LogP contribution in [0.4, 0.5) is 0 Å². The Morgan fingerprint density at radius 3 is 2.54 bits per heavy atom. The SMILES string of the molecule is Cc1nnc(C2CN(C(=O)c3ccco3)CCCN2C(=O)c2ccccc2)o1. The van der Waals surface area contributed by atoms with E-state index in [1.807, 2.05) is 18.2 Å². The van der Waals surface area contributed by atoms with Gasteiger partial charge in [-0.25, -0.2) is 0 Å². The third-order valence-corrected chi connectivity index (χ3v) is 4.72. The minimum Gasteiger partial charge on any atom is -0.459 e. The van der Waals surface area contributed by atoms with E-state index in [1.165, 1.54) is 6.26 Å². The standard InChI is InChI=1S/C20H20N4O4/c1-14-21-22-18(28-14)16-13-23(20(26)17-9-5-12-27-17)10-6-11-24(16)19(25)15-7-3-2-4-8-15/h2-5,7-9,12,16H,6,10-11,13H2,1H3. The quantitative estimate of drug-likeness (QED) is 0.694. The normalized spacial score (nSPS) is 17.4. The average Bonchev–Trinajstić information content (AvgIpc) is 3.35. The molecule has 0 spiro atoms. The Morgan fingerprint density at radius 1 is 1.04 bits per heavy atom. The van der Waals surface area contributed by atoms with Crippen LogP contribution in [0, 0.1) is 6.92 Å². The molecule has 1 aliphatic rings. The number of hydrogen-bond acceptors (Lipinski definition) is 6. The zero-order valence-corrected chi connectivity index (χ0v) is 15.4. The number of carbonyl (C=O) groups is 2. The van der Waals surface area contributed by atoms with Gasteiger partial charge in [0.25, 0.3) is 11.8 Å². The fraction of sp³-hybridized carbons (Fsp3) is 0.300. The molecule has 1 atom stereocenters. The summed E-state index contributed by atoms with van der Waals surface area (Å²) in [4.78, 5) is 29.3. The third-order valence-electron chi connectivity index (χ3n) is 4.72. The maximum Gasteiger partial charge on any atom is 0.289 e. The van der Waals surface area contributed by atoms with Crippen molar-refractivity contribution >= 4 is 11.8 Å². The summed E-state index contributed by atoms with van der Waals surface area (Å²) in [5.41, 5.74) is 0.578. The molecule has 1 aliphatic heterocycles. The highest BCUT2D eigenvalue weighted by atomic mass is 16.4. The molecule has 1 saturated heterocycles. The number of carbonyl (C=O) groups excluding carboxylic acids is 2. The van der Waals surface area contributed by atoms with E-state index in [1.54, 1.807) is 41.0 Å². The lowest BCUT2D eigenvalue weighted by Crippen LogP contribution is -2.40. The molecule has 0 aliphatic carbocycles. The highest BCUT2D eigenvalue weighted by Gasteiger charge is 2.35. The third kappa shape index (κ3) is 3.53. The molecule has 144 valence electrons. The first-order valence-electron chi connectivity index (χ1n) is 9.12. The predicted octanol–water partition coefficient (Wildman–Crippen LogP) is 2.70. The van der Waals surface area contributed by atoms with E-state index in [9.17, 15) is 9.59 Å². The van der Waals surface area contributed by atoms with Crippen LogP contribution in [0.1, 0.15) is 45.2 Å². The fourth-order valence-electron chi connectivity index (χ4n) is 3.37. The van der Waals surface area contributed by atoms with Crippen LogP contribution < -0.4 is 0 Å². The van der Waals surface area contributed by atoms with Crippen molar-refractivity contribution in [1.82, 2.24) is 20.0 Å². The van der Waals surface area contributed by atoms with Gasteiger partial charge in [0.05, 0.1) is 12.8 Å². The Morgan fingerprint density at radius 2 is 1.86 bits per heavy atom. The lowest BCUT2D eigenvalue weighted by Gasteiger charge is -2.29. The number of hydrogen-bond donors (Lipinski definition) is 0. The molecule has 1 unspecified atom stereocenters. The van der Waals surface area contributed by atoms with Gasteiger partial charge in [-0.15, -0.1) is 10.2 Å². The number of furan rings is 1. The molecule has 0 N–H and O–H groups in total. The van der Waals surface area contributed by atoms with E-state index < -0.39 is 6.04 Å². The van der Waals surface area contributed by atoms with Crippen molar-refractivity contribution in [2.45, 2.75) is 19.4 Å². The molecular formula is C20H20N4O4. The topological polar surface area (TPSA) is 92.7 Å². The van der Waals surface area contributed by atoms with Crippen LogP contribution in [0.2, 0.25) is 0 Å². The zero-order chi connectivity index (χ0) is 19.5. The van der Waals surface area contributed by atoms with Crippen LogP contribution in [0.25, 0.3) is 0 Å². The van der Waals surface area contributed by atoms with E-state index in [2.05, 4.69) is 10.2 Å². The van der Waals surface area contributed by atoms with E-state index in [0.717, 1.165) is 0 Å². The number of nitrogens with zero attached hydrogens (tertiary/aromatic N) is 4. The molecule has 0 radical (unpaired) electrons. The van der Waals surface area contributed by atoms with Gasteiger partial charge in [0.1, 0.15) is 6.04 Å². The van der Waals surface area contributed by atoms with Crippen LogP contribution in [0.15, 0.2) is 57.6 Å². The molecule has 0 bridgehead atoms. The van der Waals surface area contributed by atoms with Gasteiger partial charge in [-0.05, 0) is 30.7 Å². The Kier molecular flexibility index (Phi) is 4.92. The van der Waals surface area contributed by atoms with E-state index in [-0.39, 0.29) is 24.1 Å². The molecule has 2 aromatic heterocycles. The molecule has 1 fully saturated rings. The lowest BCUT2D eigenvalue weighted by molar-refractivity contribution is 0.0589. The largest absolute Gasteiger partial charge is 0.459 e. The summed E-state index contributed by atoms with van der Waals surface area (Å²) in [6.45, 7) is 2.92. The second-order valence-corrected chi connectivity index (χ2v) is 6.62. The monoisotopic (exact) mass is 380 g/mol. The first kappa shape index (κ1) is 18.0. The smallest absolute Gasteiger partial charge is 0.289 e. The number of rotatable bonds is 3. The first-order valence-corrected chi connectivity index (χ1v) is 9.12. The van der Waals surface area contributed by atoms with Crippen molar-refractivity contribution in [3.63, 3.8) is 0 Å². The Bertz CT molecular complexity index is 952.